The van der Waals surface area contributed by atoms with Crippen LogP contribution in [0.5, 0.6) is 0 Å². The van der Waals surface area contributed by atoms with Gasteiger partial charge in [0.15, 0.2) is 0 Å². The first-order valence-electron chi connectivity index (χ1n) is 2.77. The van der Waals surface area contributed by atoms with Crippen molar-refractivity contribution in [3.63, 3.8) is 0 Å². The van der Waals surface area contributed by atoms with Gasteiger partial charge < -0.3 is 5.73 Å². The van der Waals surface area contributed by atoms with Crippen LogP contribution in [0.15, 0.2) is 0 Å². The zero-order chi connectivity index (χ0) is 5.98. The van der Waals surface area contributed by atoms with Crippen LogP contribution in [0.25, 0.3) is 0 Å². The fourth-order valence-electron chi connectivity index (χ4n) is 0.802. The van der Waals surface area contributed by atoms with E-state index in [1.807, 2.05) is 0 Å². The minimum absolute atomic E-state index is 0.0637. The first kappa shape index (κ1) is 5.97. The topological polar surface area (TPSA) is 67.3 Å². The molecule has 5 N–H and O–H groups in total. The molecule has 1 fully saturated rings. The molecule has 1 rings (SSSR count). The summed E-state index contributed by atoms with van der Waals surface area (Å²) in [5.74, 6) is 5.44. The van der Waals surface area contributed by atoms with Gasteiger partial charge in [0.05, 0.1) is 6.17 Å². The lowest BCUT2D eigenvalue weighted by molar-refractivity contribution is 0.207. The van der Waals surface area contributed by atoms with E-state index in [2.05, 4.69) is 5.32 Å². The molecule has 48 valence electrons. The molecule has 0 bridgehead atoms. The smallest absolute Gasteiger partial charge is 0.0692 e. The standard InChI is InChI=1S/C4H12N4/c5-4-3-8(6)2-1-7-4/h4,7H,1-3,5-6H2. The van der Waals surface area contributed by atoms with Gasteiger partial charge in [-0.25, -0.2) is 5.01 Å². The number of hydrazine groups is 1. The number of hydrogen-bond donors (Lipinski definition) is 3. The van der Waals surface area contributed by atoms with Crippen molar-refractivity contribution in [2.24, 2.45) is 11.6 Å². The Morgan fingerprint density at radius 3 is 2.75 bits per heavy atom. The molecular weight excluding hydrogens is 104 g/mol. The number of nitrogens with one attached hydrogen (secondary N) is 1. The van der Waals surface area contributed by atoms with E-state index in [1.54, 1.807) is 5.01 Å². The highest BCUT2D eigenvalue weighted by Crippen LogP contribution is 1.84. The maximum atomic E-state index is 5.49. The molecule has 0 aromatic rings. The second-order valence-electron chi connectivity index (χ2n) is 2.06. The number of nitrogens with zero attached hydrogens (tertiary/aromatic N) is 1. The van der Waals surface area contributed by atoms with Gasteiger partial charge in [-0.05, 0) is 0 Å². The van der Waals surface area contributed by atoms with E-state index in [1.165, 1.54) is 0 Å². The van der Waals surface area contributed by atoms with Crippen molar-refractivity contribution >= 4 is 0 Å². The lowest BCUT2D eigenvalue weighted by Crippen LogP contribution is -2.57. The second-order valence-corrected chi connectivity index (χ2v) is 2.06. The van der Waals surface area contributed by atoms with Crippen LogP contribution in [0.2, 0.25) is 0 Å². The van der Waals surface area contributed by atoms with Crippen LogP contribution >= 0.6 is 0 Å². The molecule has 0 aliphatic carbocycles. The molecule has 0 aromatic carbocycles. The molecule has 1 unspecified atom stereocenters. The summed E-state index contributed by atoms with van der Waals surface area (Å²) in [5.41, 5.74) is 5.49. The quantitative estimate of drug-likeness (QED) is 0.322. The second kappa shape index (κ2) is 2.41. The van der Waals surface area contributed by atoms with Crippen LogP contribution in [0, 0.1) is 0 Å². The third-order valence-corrected chi connectivity index (χ3v) is 1.24. The van der Waals surface area contributed by atoms with Crippen molar-refractivity contribution in [1.82, 2.24) is 10.3 Å². The third kappa shape index (κ3) is 1.41. The molecule has 1 aliphatic heterocycles. The average molecular weight is 116 g/mol. The lowest BCUT2D eigenvalue weighted by Gasteiger charge is -2.27. The molecule has 0 radical (unpaired) electrons. The fraction of sp³-hybridized carbons (Fsp3) is 1.00. The highest BCUT2D eigenvalue weighted by molar-refractivity contribution is 4.69. The first-order chi connectivity index (χ1) is 3.79. The monoisotopic (exact) mass is 116 g/mol. The summed E-state index contributed by atoms with van der Waals surface area (Å²) < 4.78 is 0. The molecule has 1 atom stereocenters. The van der Waals surface area contributed by atoms with Crippen molar-refractivity contribution in [3.05, 3.63) is 0 Å². The van der Waals surface area contributed by atoms with Gasteiger partial charge in [-0.1, -0.05) is 0 Å². The van der Waals surface area contributed by atoms with Crippen LogP contribution in [0.3, 0.4) is 0 Å². The highest BCUT2D eigenvalue weighted by Gasteiger charge is 2.10. The van der Waals surface area contributed by atoms with Gasteiger partial charge in [-0.2, -0.15) is 0 Å². The molecule has 0 amide bonds. The Morgan fingerprint density at radius 2 is 2.38 bits per heavy atom. The number of piperazine rings is 1. The van der Waals surface area contributed by atoms with E-state index in [0.29, 0.717) is 0 Å². The molecule has 0 aromatic heterocycles. The van der Waals surface area contributed by atoms with E-state index in [0.717, 1.165) is 19.6 Å². The fourth-order valence-corrected chi connectivity index (χ4v) is 0.802. The normalized spacial score (nSPS) is 33.0. The van der Waals surface area contributed by atoms with Crippen LogP contribution in [0.4, 0.5) is 0 Å². The Bertz CT molecular complexity index is 66.4. The van der Waals surface area contributed by atoms with Crippen molar-refractivity contribution in [1.29, 1.82) is 0 Å². The number of hydrogen-bond acceptors (Lipinski definition) is 4. The summed E-state index contributed by atoms with van der Waals surface area (Å²) in [6.45, 7) is 2.55. The highest BCUT2D eigenvalue weighted by atomic mass is 15.4. The van der Waals surface area contributed by atoms with Gasteiger partial charge >= 0.3 is 0 Å². The number of nitrogens with two attached hydrogens (primary N) is 2. The van der Waals surface area contributed by atoms with Crippen LogP contribution < -0.4 is 16.9 Å². The summed E-state index contributed by atoms with van der Waals surface area (Å²) in [7, 11) is 0. The lowest BCUT2D eigenvalue weighted by atomic mass is 10.4. The Balaban J connectivity index is 2.23. The number of rotatable bonds is 0. The summed E-state index contributed by atoms with van der Waals surface area (Å²) >= 11 is 0. The predicted octanol–water partition coefficient (Wildman–Crippen LogP) is -1.95. The predicted molar refractivity (Wildman–Crippen MR) is 31.7 cm³/mol. The van der Waals surface area contributed by atoms with Gasteiger partial charge in [-0.3, -0.25) is 11.2 Å². The minimum Gasteiger partial charge on any atom is -0.315 e. The van der Waals surface area contributed by atoms with Gasteiger partial charge in [0.25, 0.3) is 0 Å². The summed E-state index contributed by atoms with van der Waals surface area (Å²) in [5, 5.41) is 4.79. The average Bonchev–Trinajstić information content (AvgIpc) is 1.64. The Kier molecular flexibility index (Phi) is 1.80. The molecule has 4 heteroatoms. The molecule has 1 aliphatic rings. The van der Waals surface area contributed by atoms with Gasteiger partial charge in [0.2, 0.25) is 0 Å². The Hall–Kier alpha value is -0.160. The van der Waals surface area contributed by atoms with Gasteiger partial charge in [-0.15, -0.1) is 0 Å². The van der Waals surface area contributed by atoms with Gasteiger partial charge in [0, 0.05) is 19.6 Å². The molecule has 0 spiro atoms. The van der Waals surface area contributed by atoms with Crippen LogP contribution in [0.1, 0.15) is 0 Å². The zero-order valence-electron chi connectivity index (χ0n) is 4.80. The van der Waals surface area contributed by atoms with Crippen molar-refractivity contribution in [2.75, 3.05) is 19.6 Å². The zero-order valence-corrected chi connectivity index (χ0v) is 4.80. The molecule has 1 saturated heterocycles. The van der Waals surface area contributed by atoms with E-state index in [-0.39, 0.29) is 6.17 Å². The van der Waals surface area contributed by atoms with Gasteiger partial charge in [0.1, 0.15) is 0 Å². The maximum absolute atomic E-state index is 5.49. The van der Waals surface area contributed by atoms with E-state index < -0.39 is 0 Å². The van der Waals surface area contributed by atoms with Crippen LogP contribution in [-0.4, -0.2) is 30.8 Å². The minimum atomic E-state index is 0.0637. The first-order valence-corrected chi connectivity index (χ1v) is 2.77. The summed E-state index contributed by atoms with van der Waals surface area (Å²) in [4.78, 5) is 0. The SMILES string of the molecule is NC1CN(N)CCN1. The largest absolute Gasteiger partial charge is 0.315 e. The molecule has 0 saturated carbocycles. The molecular formula is C4H12N4. The Morgan fingerprint density at radius 1 is 1.62 bits per heavy atom. The van der Waals surface area contributed by atoms with Crippen molar-refractivity contribution in [2.45, 2.75) is 6.17 Å². The molecule has 1 heterocycles. The van der Waals surface area contributed by atoms with Crippen LogP contribution in [-0.2, 0) is 0 Å². The van der Waals surface area contributed by atoms with Crippen molar-refractivity contribution in [3.8, 4) is 0 Å². The van der Waals surface area contributed by atoms with E-state index in [9.17, 15) is 0 Å². The summed E-state index contributed by atoms with van der Waals surface area (Å²) in [6.07, 6.45) is 0.0637. The molecule has 4 nitrogen and oxygen atoms in total. The third-order valence-electron chi connectivity index (χ3n) is 1.24. The maximum Gasteiger partial charge on any atom is 0.0692 e. The Labute approximate surface area is 48.8 Å². The summed E-state index contributed by atoms with van der Waals surface area (Å²) in [6, 6.07) is 0. The van der Waals surface area contributed by atoms with E-state index >= 15 is 0 Å². The van der Waals surface area contributed by atoms with E-state index in [4.69, 9.17) is 11.6 Å². The molecule has 8 heavy (non-hydrogen) atoms. The van der Waals surface area contributed by atoms with Crippen molar-refractivity contribution < 1.29 is 0 Å².